The summed E-state index contributed by atoms with van der Waals surface area (Å²) in [6, 6.07) is 11.4. The summed E-state index contributed by atoms with van der Waals surface area (Å²) in [5, 5.41) is 0. The summed E-state index contributed by atoms with van der Waals surface area (Å²) in [7, 11) is 0. The van der Waals surface area contributed by atoms with Crippen LogP contribution in [0.5, 0.6) is 0 Å². The second-order valence-electron chi connectivity index (χ2n) is 4.04. The van der Waals surface area contributed by atoms with Gasteiger partial charge >= 0.3 is 5.69 Å². The van der Waals surface area contributed by atoms with E-state index in [9.17, 15) is 9.59 Å². The van der Waals surface area contributed by atoms with Crippen LogP contribution in [0.4, 0.5) is 0 Å². The molecule has 0 radical (unpaired) electrons. The minimum atomic E-state index is -0.233. The van der Waals surface area contributed by atoms with Gasteiger partial charge in [-0.05, 0) is 19.1 Å². The Morgan fingerprint density at radius 1 is 1.11 bits per heavy atom. The molecule has 0 N–H and O–H groups in total. The molecule has 0 aliphatic carbocycles. The Hall–Kier alpha value is -1.75. The van der Waals surface area contributed by atoms with E-state index in [1.807, 2.05) is 37.3 Å². The molecule has 0 atom stereocenters. The number of aromatic nitrogens is 2. The lowest BCUT2D eigenvalue weighted by atomic mass is 10.4. The summed E-state index contributed by atoms with van der Waals surface area (Å²) in [6.07, 6.45) is 1.55. The smallest absolute Gasteiger partial charge is 0.301 e. The number of thioether (sulfide) groups is 1. The summed E-state index contributed by atoms with van der Waals surface area (Å²) >= 11 is 1.64. The number of rotatable bonds is 5. The molecule has 0 saturated carbocycles. The highest BCUT2D eigenvalue weighted by molar-refractivity contribution is 7.99. The average molecular weight is 276 g/mol. The zero-order chi connectivity index (χ0) is 13.7. The normalized spacial score (nSPS) is 10.6. The highest BCUT2D eigenvalue weighted by Crippen LogP contribution is 2.16. The maximum Gasteiger partial charge on any atom is 0.330 e. The molecular formula is C14H16N2O2S. The Labute approximate surface area is 115 Å². The lowest BCUT2D eigenvalue weighted by Crippen LogP contribution is -2.39. The van der Waals surface area contributed by atoms with Crippen LogP contribution >= 0.6 is 11.8 Å². The van der Waals surface area contributed by atoms with Crippen LogP contribution < -0.4 is 11.2 Å². The number of aryl methyl sites for hydroxylation is 1. The van der Waals surface area contributed by atoms with Gasteiger partial charge < -0.3 is 4.57 Å². The molecule has 0 spiro atoms. The van der Waals surface area contributed by atoms with Crippen LogP contribution in [0.2, 0.25) is 0 Å². The molecule has 0 saturated heterocycles. The van der Waals surface area contributed by atoms with Crippen LogP contribution in [0.25, 0.3) is 0 Å². The van der Waals surface area contributed by atoms with Crippen molar-refractivity contribution in [1.82, 2.24) is 9.13 Å². The van der Waals surface area contributed by atoms with E-state index in [0.29, 0.717) is 18.8 Å². The van der Waals surface area contributed by atoms with Crippen molar-refractivity contribution in [1.29, 1.82) is 0 Å². The van der Waals surface area contributed by atoms with Crippen molar-refractivity contribution in [3.63, 3.8) is 0 Å². The summed E-state index contributed by atoms with van der Waals surface area (Å²) in [4.78, 5) is 24.8. The molecule has 0 aliphatic rings. The van der Waals surface area contributed by atoms with E-state index in [1.54, 1.807) is 18.0 Å². The minimum absolute atomic E-state index is 0.233. The van der Waals surface area contributed by atoms with Gasteiger partial charge in [0.15, 0.2) is 0 Å². The van der Waals surface area contributed by atoms with Gasteiger partial charge in [0.2, 0.25) is 0 Å². The van der Waals surface area contributed by atoms with Gasteiger partial charge in [0.1, 0.15) is 0 Å². The summed E-state index contributed by atoms with van der Waals surface area (Å²) < 4.78 is 2.83. The minimum Gasteiger partial charge on any atom is -0.301 e. The van der Waals surface area contributed by atoms with E-state index in [2.05, 4.69) is 0 Å². The molecule has 1 heterocycles. The third-order valence-corrected chi connectivity index (χ3v) is 3.80. The molecule has 0 aliphatic heterocycles. The predicted octanol–water partition coefficient (Wildman–Crippen LogP) is 1.82. The van der Waals surface area contributed by atoms with Crippen molar-refractivity contribution in [3.8, 4) is 0 Å². The first-order valence-corrected chi connectivity index (χ1v) is 7.19. The highest BCUT2D eigenvalue weighted by Gasteiger charge is 2.04. The third-order valence-electron chi connectivity index (χ3n) is 2.81. The quantitative estimate of drug-likeness (QED) is 0.782. The standard InChI is InChI=1S/C14H16N2O2S/c1-2-15-9-8-13(17)16(14(15)18)10-11-19-12-6-4-3-5-7-12/h3-9H,2,10-11H2,1H3. The van der Waals surface area contributed by atoms with Crippen molar-refractivity contribution in [2.45, 2.75) is 24.9 Å². The van der Waals surface area contributed by atoms with Crippen molar-refractivity contribution < 1.29 is 0 Å². The molecule has 0 bridgehead atoms. The second kappa shape index (κ2) is 6.43. The molecule has 4 nitrogen and oxygen atoms in total. The fraction of sp³-hybridized carbons (Fsp3) is 0.286. The highest BCUT2D eigenvalue weighted by atomic mass is 32.2. The van der Waals surface area contributed by atoms with Crippen molar-refractivity contribution >= 4 is 11.8 Å². The SMILES string of the molecule is CCn1ccc(=O)n(CCSc2ccccc2)c1=O. The molecule has 2 aromatic rings. The van der Waals surface area contributed by atoms with Crippen LogP contribution in [0.3, 0.4) is 0 Å². The second-order valence-corrected chi connectivity index (χ2v) is 5.20. The van der Waals surface area contributed by atoms with Gasteiger partial charge in [-0.15, -0.1) is 11.8 Å². The van der Waals surface area contributed by atoms with Crippen LogP contribution in [-0.4, -0.2) is 14.9 Å². The van der Waals surface area contributed by atoms with Crippen molar-refractivity contribution in [2.24, 2.45) is 0 Å². The Kier molecular flexibility index (Phi) is 4.63. The molecule has 1 aromatic carbocycles. The third kappa shape index (κ3) is 3.38. The van der Waals surface area contributed by atoms with E-state index in [0.717, 1.165) is 4.90 Å². The predicted molar refractivity (Wildman–Crippen MR) is 77.8 cm³/mol. The van der Waals surface area contributed by atoms with E-state index in [-0.39, 0.29) is 11.2 Å². The lowest BCUT2D eigenvalue weighted by Gasteiger charge is -2.07. The van der Waals surface area contributed by atoms with Crippen molar-refractivity contribution in [3.05, 3.63) is 63.4 Å². The topological polar surface area (TPSA) is 44.0 Å². The molecule has 0 fully saturated rings. The first-order valence-electron chi connectivity index (χ1n) is 6.20. The van der Waals surface area contributed by atoms with Gasteiger partial charge in [0.05, 0.1) is 0 Å². The first kappa shape index (κ1) is 13.7. The van der Waals surface area contributed by atoms with Crippen LogP contribution in [-0.2, 0) is 13.1 Å². The Balaban J connectivity index is 2.08. The van der Waals surface area contributed by atoms with Crippen molar-refractivity contribution in [2.75, 3.05) is 5.75 Å². The van der Waals surface area contributed by atoms with Crippen LogP contribution in [0.1, 0.15) is 6.92 Å². The van der Waals surface area contributed by atoms with Gasteiger partial charge in [-0.1, -0.05) is 18.2 Å². The lowest BCUT2D eigenvalue weighted by molar-refractivity contribution is 0.590. The van der Waals surface area contributed by atoms with E-state index >= 15 is 0 Å². The monoisotopic (exact) mass is 276 g/mol. The largest absolute Gasteiger partial charge is 0.330 e. The molecule has 2 rings (SSSR count). The van der Waals surface area contributed by atoms with Crippen LogP contribution in [0, 0.1) is 0 Å². The maximum atomic E-state index is 12.0. The zero-order valence-corrected chi connectivity index (χ0v) is 11.6. The molecule has 5 heteroatoms. The average Bonchev–Trinajstić information content (AvgIpc) is 2.44. The van der Waals surface area contributed by atoms with Gasteiger partial charge in [0.25, 0.3) is 5.56 Å². The summed E-state index contributed by atoms with van der Waals surface area (Å²) in [5.41, 5.74) is -0.466. The fourth-order valence-electron chi connectivity index (χ4n) is 1.77. The van der Waals surface area contributed by atoms with Gasteiger partial charge in [-0.3, -0.25) is 9.36 Å². The van der Waals surface area contributed by atoms with Gasteiger partial charge in [0, 0.05) is 36.0 Å². The van der Waals surface area contributed by atoms with E-state index in [1.165, 1.54) is 15.2 Å². The number of hydrogen-bond acceptors (Lipinski definition) is 3. The van der Waals surface area contributed by atoms with E-state index in [4.69, 9.17) is 0 Å². The number of hydrogen-bond donors (Lipinski definition) is 0. The number of nitrogens with zero attached hydrogens (tertiary/aromatic N) is 2. The zero-order valence-electron chi connectivity index (χ0n) is 10.8. The van der Waals surface area contributed by atoms with E-state index < -0.39 is 0 Å². The Morgan fingerprint density at radius 3 is 2.53 bits per heavy atom. The molecule has 1 aromatic heterocycles. The van der Waals surface area contributed by atoms with Gasteiger partial charge in [-0.2, -0.15) is 0 Å². The Bertz CT molecular complexity index is 646. The molecule has 0 unspecified atom stereocenters. The first-order chi connectivity index (χ1) is 9.22. The molecular weight excluding hydrogens is 260 g/mol. The summed E-state index contributed by atoms with van der Waals surface area (Å²) in [5.74, 6) is 0.701. The van der Waals surface area contributed by atoms with Crippen LogP contribution in [0.15, 0.2) is 57.1 Å². The van der Waals surface area contributed by atoms with Gasteiger partial charge in [-0.25, -0.2) is 4.79 Å². The molecule has 100 valence electrons. The number of benzene rings is 1. The maximum absolute atomic E-state index is 12.0. The summed E-state index contributed by atoms with van der Waals surface area (Å²) in [6.45, 7) is 2.89. The molecule has 0 amide bonds. The fourth-order valence-corrected chi connectivity index (χ4v) is 2.63. The Morgan fingerprint density at radius 2 is 1.84 bits per heavy atom. The molecule has 19 heavy (non-hydrogen) atoms.